The zero-order valence-electron chi connectivity index (χ0n) is 10.7. The van der Waals surface area contributed by atoms with Crippen LogP contribution in [0.2, 0.25) is 0 Å². The van der Waals surface area contributed by atoms with Crippen LogP contribution in [0.25, 0.3) is 0 Å². The van der Waals surface area contributed by atoms with Crippen molar-refractivity contribution in [3.8, 4) is 0 Å². The molecule has 1 aliphatic carbocycles. The minimum absolute atomic E-state index is 0.211. The van der Waals surface area contributed by atoms with Gasteiger partial charge in [0.2, 0.25) is 5.91 Å². The third-order valence-corrected chi connectivity index (χ3v) is 3.58. The predicted molar refractivity (Wildman–Crippen MR) is 67.0 cm³/mol. The number of carbonyl (C=O) groups excluding carboxylic acids is 1. The van der Waals surface area contributed by atoms with E-state index in [1.807, 2.05) is 4.90 Å². The lowest BCUT2D eigenvalue weighted by Gasteiger charge is -2.27. The van der Waals surface area contributed by atoms with Crippen molar-refractivity contribution in [1.29, 1.82) is 0 Å². The molecule has 0 aromatic rings. The van der Waals surface area contributed by atoms with Gasteiger partial charge in [0, 0.05) is 19.0 Å². The monoisotopic (exact) mass is 226 g/mol. The lowest BCUT2D eigenvalue weighted by Crippen LogP contribution is -2.39. The highest BCUT2D eigenvalue weighted by Gasteiger charge is 2.34. The van der Waals surface area contributed by atoms with Crippen LogP contribution >= 0.6 is 0 Å². The highest BCUT2D eigenvalue weighted by molar-refractivity contribution is 5.79. The van der Waals surface area contributed by atoms with Crippen molar-refractivity contribution < 1.29 is 4.79 Å². The minimum atomic E-state index is 0.211. The van der Waals surface area contributed by atoms with Crippen molar-refractivity contribution >= 4 is 5.91 Å². The summed E-state index contributed by atoms with van der Waals surface area (Å²) in [5.41, 5.74) is 5.74. The SMILES string of the molecule is CCCN(CCC)C(=O)[C@@H]1CCC[C@@H]1CN. The number of carbonyl (C=O) groups is 1. The summed E-state index contributed by atoms with van der Waals surface area (Å²) in [6, 6.07) is 0. The van der Waals surface area contributed by atoms with E-state index in [9.17, 15) is 4.79 Å². The highest BCUT2D eigenvalue weighted by atomic mass is 16.2. The average Bonchev–Trinajstić information content (AvgIpc) is 2.75. The molecule has 0 heterocycles. The number of nitrogens with two attached hydrogens (primary N) is 1. The second kappa shape index (κ2) is 6.89. The summed E-state index contributed by atoms with van der Waals surface area (Å²) in [5, 5.41) is 0. The molecule has 1 amide bonds. The van der Waals surface area contributed by atoms with Gasteiger partial charge in [0.05, 0.1) is 0 Å². The molecule has 1 rings (SSSR count). The second-order valence-electron chi connectivity index (χ2n) is 4.86. The maximum Gasteiger partial charge on any atom is 0.226 e. The Labute approximate surface area is 99.4 Å². The number of nitrogens with zero attached hydrogens (tertiary/aromatic N) is 1. The fourth-order valence-corrected chi connectivity index (χ4v) is 2.75. The smallest absolute Gasteiger partial charge is 0.226 e. The molecule has 0 aromatic heterocycles. The highest BCUT2D eigenvalue weighted by Crippen LogP contribution is 2.32. The molecular formula is C13H26N2O. The third kappa shape index (κ3) is 3.21. The van der Waals surface area contributed by atoms with Gasteiger partial charge in [0.1, 0.15) is 0 Å². The van der Waals surface area contributed by atoms with Crippen LogP contribution in [0.5, 0.6) is 0 Å². The number of rotatable bonds is 6. The van der Waals surface area contributed by atoms with Crippen molar-refractivity contribution in [2.24, 2.45) is 17.6 Å². The molecule has 0 aliphatic heterocycles. The van der Waals surface area contributed by atoms with E-state index in [0.29, 0.717) is 18.4 Å². The Balaban J connectivity index is 2.58. The largest absolute Gasteiger partial charge is 0.342 e. The van der Waals surface area contributed by atoms with Gasteiger partial charge in [-0.05, 0) is 38.1 Å². The first kappa shape index (κ1) is 13.5. The van der Waals surface area contributed by atoms with Crippen LogP contribution in [0.1, 0.15) is 46.0 Å². The van der Waals surface area contributed by atoms with Crippen LogP contribution < -0.4 is 5.73 Å². The van der Waals surface area contributed by atoms with E-state index in [1.54, 1.807) is 0 Å². The minimum Gasteiger partial charge on any atom is -0.342 e. The van der Waals surface area contributed by atoms with E-state index in [1.165, 1.54) is 6.42 Å². The van der Waals surface area contributed by atoms with E-state index in [-0.39, 0.29) is 5.92 Å². The zero-order chi connectivity index (χ0) is 12.0. The molecule has 1 fully saturated rings. The normalized spacial score (nSPS) is 24.7. The van der Waals surface area contributed by atoms with Gasteiger partial charge in [0.15, 0.2) is 0 Å². The summed E-state index contributed by atoms with van der Waals surface area (Å²) in [4.78, 5) is 14.4. The van der Waals surface area contributed by atoms with Gasteiger partial charge in [-0.1, -0.05) is 20.3 Å². The Morgan fingerprint density at radius 2 is 1.88 bits per heavy atom. The van der Waals surface area contributed by atoms with Crippen molar-refractivity contribution in [3.05, 3.63) is 0 Å². The van der Waals surface area contributed by atoms with Crippen LogP contribution in [-0.2, 0) is 4.79 Å². The van der Waals surface area contributed by atoms with Crippen LogP contribution in [0.3, 0.4) is 0 Å². The van der Waals surface area contributed by atoms with E-state index >= 15 is 0 Å². The third-order valence-electron chi connectivity index (χ3n) is 3.58. The molecule has 0 spiro atoms. The zero-order valence-corrected chi connectivity index (χ0v) is 10.7. The van der Waals surface area contributed by atoms with Crippen LogP contribution in [0.4, 0.5) is 0 Å². The van der Waals surface area contributed by atoms with Gasteiger partial charge in [-0.25, -0.2) is 0 Å². The molecular weight excluding hydrogens is 200 g/mol. The Kier molecular flexibility index (Phi) is 5.81. The fraction of sp³-hybridized carbons (Fsp3) is 0.923. The summed E-state index contributed by atoms with van der Waals surface area (Å²) in [6.45, 7) is 6.74. The molecule has 2 N–H and O–H groups in total. The van der Waals surface area contributed by atoms with E-state index < -0.39 is 0 Å². The molecule has 1 saturated carbocycles. The maximum absolute atomic E-state index is 12.4. The van der Waals surface area contributed by atoms with Crippen LogP contribution in [-0.4, -0.2) is 30.4 Å². The maximum atomic E-state index is 12.4. The Hall–Kier alpha value is -0.570. The lowest BCUT2D eigenvalue weighted by atomic mass is 9.94. The average molecular weight is 226 g/mol. The first-order chi connectivity index (χ1) is 7.74. The second-order valence-corrected chi connectivity index (χ2v) is 4.86. The summed E-state index contributed by atoms with van der Waals surface area (Å²) < 4.78 is 0. The first-order valence-electron chi connectivity index (χ1n) is 6.73. The molecule has 0 unspecified atom stereocenters. The van der Waals surface area contributed by atoms with Gasteiger partial charge in [-0.2, -0.15) is 0 Å². The van der Waals surface area contributed by atoms with Crippen molar-refractivity contribution in [3.63, 3.8) is 0 Å². The summed E-state index contributed by atoms with van der Waals surface area (Å²) in [6.07, 6.45) is 5.45. The molecule has 0 aromatic carbocycles. The number of hydrogen-bond donors (Lipinski definition) is 1. The number of amides is 1. The van der Waals surface area contributed by atoms with Gasteiger partial charge in [-0.3, -0.25) is 4.79 Å². The van der Waals surface area contributed by atoms with E-state index in [2.05, 4.69) is 13.8 Å². The molecule has 0 radical (unpaired) electrons. The Morgan fingerprint density at radius 3 is 2.38 bits per heavy atom. The molecule has 0 saturated heterocycles. The quantitative estimate of drug-likeness (QED) is 0.753. The standard InChI is InChI=1S/C13H26N2O/c1-3-8-15(9-4-2)13(16)12-7-5-6-11(12)10-14/h11-12H,3-10,14H2,1-2H3/t11-,12-/m1/s1. The lowest BCUT2D eigenvalue weighted by molar-refractivity contribution is -0.136. The van der Waals surface area contributed by atoms with Gasteiger partial charge in [-0.15, -0.1) is 0 Å². The first-order valence-corrected chi connectivity index (χ1v) is 6.73. The predicted octanol–water partition coefficient (Wildman–Crippen LogP) is 2.01. The van der Waals surface area contributed by atoms with Crippen LogP contribution in [0.15, 0.2) is 0 Å². The molecule has 16 heavy (non-hydrogen) atoms. The molecule has 0 bridgehead atoms. The van der Waals surface area contributed by atoms with E-state index in [4.69, 9.17) is 5.73 Å². The van der Waals surface area contributed by atoms with Crippen molar-refractivity contribution in [2.45, 2.75) is 46.0 Å². The topological polar surface area (TPSA) is 46.3 Å². The summed E-state index contributed by atoms with van der Waals surface area (Å²) in [5.74, 6) is 1.00. The molecule has 1 aliphatic rings. The summed E-state index contributed by atoms with van der Waals surface area (Å²) >= 11 is 0. The molecule has 2 atom stereocenters. The van der Waals surface area contributed by atoms with Gasteiger partial charge in [0.25, 0.3) is 0 Å². The fourth-order valence-electron chi connectivity index (χ4n) is 2.75. The Bertz CT molecular complexity index is 212. The van der Waals surface area contributed by atoms with Crippen molar-refractivity contribution in [2.75, 3.05) is 19.6 Å². The van der Waals surface area contributed by atoms with Gasteiger partial charge < -0.3 is 10.6 Å². The molecule has 3 heteroatoms. The van der Waals surface area contributed by atoms with Gasteiger partial charge >= 0.3 is 0 Å². The molecule has 3 nitrogen and oxygen atoms in total. The van der Waals surface area contributed by atoms with Crippen LogP contribution in [0, 0.1) is 11.8 Å². The number of hydrogen-bond acceptors (Lipinski definition) is 2. The van der Waals surface area contributed by atoms with Crippen molar-refractivity contribution in [1.82, 2.24) is 4.90 Å². The van der Waals surface area contributed by atoms with E-state index in [0.717, 1.165) is 38.8 Å². The summed E-state index contributed by atoms with van der Waals surface area (Å²) in [7, 11) is 0. The molecule has 94 valence electrons. The Morgan fingerprint density at radius 1 is 1.25 bits per heavy atom.